The predicted molar refractivity (Wildman–Crippen MR) is 87.9 cm³/mol. The molecular formula is C19H21NO3. The Balaban J connectivity index is 1.72. The molecule has 0 spiro atoms. The van der Waals surface area contributed by atoms with Gasteiger partial charge in [0.25, 0.3) is 0 Å². The van der Waals surface area contributed by atoms with Crippen molar-refractivity contribution < 1.29 is 14.3 Å². The predicted octanol–water partition coefficient (Wildman–Crippen LogP) is 3.79. The lowest BCUT2D eigenvalue weighted by Crippen LogP contribution is -2.49. The maximum absolute atomic E-state index is 12.6. The fraction of sp³-hybridized carbons (Fsp3) is 0.316. The van der Waals surface area contributed by atoms with Gasteiger partial charge in [0, 0.05) is 0 Å². The van der Waals surface area contributed by atoms with Crippen LogP contribution in [0.2, 0.25) is 0 Å². The highest BCUT2D eigenvalue weighted by molar-refractivity contribution is 5.69. The largest absolute Gasteiger partial charge is 0.445 e. The van der Waals surface area contributed by atoms with Gasteiger partial charge in [-0.3, -0.25) is 4.90 Å². The van der Waals surface area contributed by atoms with Crippen molar-refractivity contribution in [3.05, 3.63) is 71.8 Å². The summed E-state index contributed by atoms with van der Waals surface area (Å²) in [6, 6.07) is 19.5. The van der Waals surface area contributed by atoms with Gasteiger partial charge in [-0.05, 0) is 18.1 Å². The molecule has 1 fully saturated rings. The molecule has 2 aromatic rings. The molecule has 2 atom stereocenters. The number of rotatable bonds is 3. The van der Waals surface area contributed by atoms with E-state index in [9.17, 15) is 4.79 Å². The smallest absolute Gasteiger partial charge is 0.411 e. The lowest BCUT2D eigenvalue weighted by molar-refractivity contribution is -0.0415. The van der Waals surface area contributed by atoms with Crippen LogP contribution in [0.1, 0.15) is 24.1 Å². The summed E-state index contributed by atoms with van der Waals surface area (Å²) in [5, 5.41) is 0. The van der Waals surface area contributed by atoms with E-state index in [1.54, 1.807) is 4.90 Å². The normalized spacial score (nSPS) is 21.0. The average molecular weight is 311 g/mol. The van der Waals surface area contributed by atoms with Crippen molar-refractivity contribution in [1.29, 1.82) is 0 Å². The number of amides is 1. The zero-order chi connectivity index (χ0) is 16.1. The van der Waals surface area contributed by atoms with Gasteiger partial charge in [0.2, 0.25) is 0 Å². The lowest BCUT2D eigenvalue weighted by Gasteiger charge is -2.39. The van der Waals surface area contributed by atoms with Gasteiger partial charge in [0.15, 0.2) is 0 Å². The number of carbonyl (C=O) groups excluding carboxylic acids is 1. The zero-order valence-electron chi connectivity index (χ0n) is 13.2. The van der Waals surface area contributed by atoms with Crippen LogP contribution >= 0.6 is 0 Å². The van der Waals surface area contributed by atoms with Crippen LogP contribution in [-0.4, -0.2) is 30.2 Å². The maximum atomic E-state index is 12.6. The second-order valence-corrected chi connectivity index (χ2v) is 5.76. The van der Waals surface area contributed by atoms with Crippen LogP contribution in [0.3, 0.4) is 0 Å². The van der Waals surface area contributed by atoms with Gasteiger partial charge in [-0.2, -0.15) is 0 Å². The summed E-state index contributed by atoms with van der Waals surface area (Å²) in [6.07, 6.45) is -0.293. The molecular weight excluding hydrogens is 290 g/mol. The Kier molecular flexibility index (Phi) is 4.93. The first kappa shape index (κ1) is 15.6. The summed E-state index contributed by atoms with van der Waals surface area (Å²) in [7, 11) is 0. The Morgan fingerprint density at radius 2 is 1.74 bits per heavy atom. The summed E-state index contributed by atoms with van der Waals surface area (Å²) in [4.78, 5) is 14.4. The highest BCUT2D eigenvalue weighted by atomic mass is 16.6. The van der Waals surface area contributed by atoms with Crippen LogP contribution < -0.4 is 0 Å². The Labute approximate surface area is 136 Å². The fourth-order valence-electron chi connectivity index (χ4n) is 2.85. The van der Waals surface area contributed by atoms with Crippen molar-refractivity contribution in [1.82, 2.24) is 4.90 Å². The molecule has 0 unspecified atom stereocenters. The van der Waals surface area contributed by atoms with Crippen molar-refractivity contribution in [2.24, 2.45) is 0 Å². The number of hydrogen-bond acceptors (Lipinski definition) is 3. The van der Waals surface area contributed by atoms with Crippen LogP contribution in [0, 0.1) is 0 Å². The third-order valence-corrected chi connectivity index (χ3v) is 4.05. The van der Waals surface area contributed by atoms with Crippen LogP contribution in [-0.2, 0) is 16.1 Å². The molecule has 1 saturated heterocycles. The first-order valence-electron chi connectivity index (χ1n) is 7.87. The Hall–Kier alpha value is -2.33. The Bertz CT molecular complexity index is 630. The third-order valence-electron chi connectivity index (χ3n) is 4.05. The molecule has 120 valence electrons. The Morgan fingerprint density at radius 3 is 2.43 bits per heavy atom. The van der Waals surface area contributed by atoms with Crippen LogP contribution in [0.5, 0.6) is 0 Å². The highest BCUT2D eigenvalue weighted by Gasteiger charge is 2.34. The topological polar surface area (TPSA) is 38.8 Å². The minimum Gasteiger partial charge on any atom is -0.445 e. The molecule has 23 heavy (non-hydrogen) atoms. The summed E-state index contributed by atoms with van der Waals surface area (Å²) < 4.78 is 11.2. The van der Waals surface area contributed by atoms with E-state index >= 15 is 0 Å². The first-order valence-corrected chi connectivity index (χ1v) is 7.87. The molecule has 0 N–H and O–H groups in total. The van der Waals surface area contributed by atoms with Crippen molar-refractivity contribution in [2.75, 3.05) is 13.2 Å². The average Bonchev–Trinajstić information content (AvgIpc) is 2.61. The van der Waals surface area contributed by atoms with E-state index in [4.69, 9.17) is 9.47 Å². The maximum Gasteiger partial charge on any atom is 0.411 e. The van der Waals surface area contributed by atoms with Gasteiger partial charge in [-0.1, -0.05) is 60.7 Å². The van der Waals surface area contributed by atoms with Gasteiger partial charge in [-0.15, -0.1) is 0 Å². The van der Waals surface area contributed by atoms with Crippen molar-refractivity contribution in [3.8, 4) is 0 Å². The molecule has 1 amide bonds. The number of morpholine rings is 1. The molecule has 0 saturated carbocycles. The molecule has 3 rings (SSSR count). The van der Waals surface area contributed by atoms with E-state index in [1.807, 2.05) is 67.6 Å². The molecule has 0 aliphatic carbocycles. The number of benzene rings is 2. The minimum absolute atomic E-state index is 0.0165. The van der Waals surface area contributed by atoms with E-state index < -0.39 is 0 Å². The standard InChI is InChI=1S/C19H21NO3/c1-15-12-22-14-18(17-10-6-3-7-11-17)20(15)19(21)23-13-16-8-4-2-5-9-16/h2-11,15,18H,12-14H2,1H3/t15-,18-/m0/s1. The molecule has 2 aromatic carbocycles. The van der Waals surface area contributed by atoms with E-state index in [1.165, 1.54) is 0 Å². The van der Waals surface area contributed by atoms with Crippen molar-refractivity contribution >= 4 is 6.09 Å². The van der Waals surface area contributed by atoms with Gasteiger partial charge < -0.3 is 9.47 Å². The molecule has 1 aliphatic rings. The first-order chi connectivity index (χ1) is 11.3. The molecule has 1 aliphatic heterocycles. The molecule has 1 heterocycles. The lowest BCUT2D eigenvalue weighted by atomic mass is 10.0. The summed E-state index contributed by atoms with van der Waals surface area (Å²) in [5.74, 6) is 0. The monoisotopic (exact) mass is 311 g/mol. The highest BCUT2D eigenvalue weighted by Crippen LogP contribution is 2.28. The quantitative estimate of drug-likeness (QED) is 0.866. The summed E-state index contributed by atoms with van der Waals surface area (Å²) >= 11 is 0. The number of hydrogen-bond donors (Lipinski definition) is 0. The van der Waals surface area contributed by atoms with Gasteiger partial charge in [0.1, 0.15) is 6.61 Å². The molecule has 4 heteroatoms. The van der Waals surface area contributed by atoms with E-state index in [0.29, 0.717) is 13.2 Å². The van der Waals surface area contributed by atoms with Crippen LogP contribution in [0.25, 0.3) is 0 Å². The minimum atomic E-state index is -0.293. The third kappa shape index (κ3) is 3.71. The van der Waals surface area contributed by atoms with E-state index in [-0.39, 0.29) is 24.8 Å². The Morgan fingerprint density at radius 1 is 1.09 bits per heavy atom. The molecule has 0 bridgehead atoms. The number of ether oxygens (including phenoxy) is 2. The summed E-state index contributed by atoms with van der Waals surface area (Å²) in [6.45, 7) is 3.29. The molecule has 0 radical (unpaired) electrons. The second kappa shape index (κ2) is 7.29. The summed E-state index contributed by atoms with van der Waals surface area (Å²) in [5.41, 5.74) is 2.05. The van der Waals surface area contributed by atoms with Crippen LogP contribution in [0.4, 0.5) is 4.79 Å². The van der Waals surface area contributed by atoms with E-state index in [2.05, 4.69) is 0 Å². The van der Waals surface area contributed by atoms with Gasteiger partial charge in [0.05, 0.1) is 25.3 Å². The van der Waals surface area contributed by atoms with Crippen LogP contribution in [0.15, 0.2) is 60.7 Å². The zero-order valence-corrected chi connectivity index (χ0v) is 13.2. The van der Waals surface area contributed by atoms with Crippen molar-refractivity contribution in [3.63, 3.8) is 0 Å². The SMILES string of the molecule is C[C@H]1COC[C@@H](c2ccccc2)N1C(=O)OCc1ccccc1. The fourth-order valence-corrected chi connectivity index (χ4v) is 2.85. The molecule has 0 aromatic heterocycles. The number of carbonyl (C=O) groups is 1. The van der Waals surface area contributed by atoms with Gasteiger partial charge >= 0.3 is 6.09 Å². The number of nitrogens with zero attached hydrogens (tertiary/aromatic N) is 1. The van der Waals surface area contributed by atoms with Crippen molar-refractivity contribution in [2.45, 2.75) is 25.6 Å². The van der Waals surface area contributed by atoms with E-state index in [0.717, 1.165) is 11.1 Å². The van der Waals surface area contributed by atoms with Gasteiger partial charge in [-0.25, -0.2) is 4.79 Å². The molecule has 4 nitrogen and oxygen atoms in total. The second-order valence-electron chi connectivity index (χ2n) is 5.76.